The lowest BCUT2D eigenvalue weighted by Gasteiger charge is -2.21. The Kier molecular flexibility index (Phi) is 6.04. The summed E-state index contributed by atoms with van der Waals surface area (Å²) in [5, 5.41) is 21.1. The molecule has 0 aliphatic carbocycles. The molecule has 3 N–H and O–H groups in total. The number of nitrogens with zero attached hydrogens (tertiary/aromatic N) is 2. The van der Waals surface area contributed by atoms with Crippen molar-refractivity contribution in [2.45, 2.75) is 31.4 Å². The third-order valence-corrected chi connectivity index (χ3v) is 3.13. The van der Waals surface area contributed by atoms with Crippen molar-refractivity contribution >= 4 is 12.0 Å². The molecular weight excluding hydrogens is 250 g/mol. The van der Waals surface area contributed by atoms with E-state index in [2.05, 4.69) is 10.2 Å². The number of unbranched alkanes of at least 4 members (excludes halogenated alkanes) is 1. The predicted octanol–water partition coefficient (Wildman–Crippen LogP) is -0.442. The highest BCUT2D eigenvalue weighted by molar-refractivity contribution is 5.83. The molecule has 0 spiro atoms. The molecule has 1 aliphatic rings. The Morgan fingerprint density at radius 3 is 2.63 bits per heavy atom. The number of carbonyl (C=O) groups excluding carboxylic acids is 1. The van der Waals surface area contributed by atoms with Crippen LogP contribution in [0, 0.1) is 0 Å². The third kappa shape index (κ3) is 5.04. The maximum atomic E-state index is 11.8. The number of aliphatic carboxylic acids is 1. The molecule has 0 aromatic heterocycles. The second kappa shape index (κ2) is 7.30. The lowest BCUT2D eigenvalue weighted by Crippen LogP contribution is -2.46. The van der Waals surface area contributed by atoms with Gasteiger partial charge in [0.25, 0.3) is 0 Å². The van der Waals surface area contributed by atoms with Crippen LogP contribution in [0.2, 0.25) is 0 Å². The Balaban J connectivity index is 2.30. The van der Waals surface area contributed by atoms with Crippen molar-refractivity contribution in [1.29, 1.82) is 0 Å². The van der Waals surface area contributed by atoms with Gasteiger partial charge in [0.2, 0.25) is 0 Å². The Labute approximate surface area is 113 Å². The van der Waals surface area contributed by atoms with E-state index in [9.17, 15) is 14.7 Å². The van der Waals surface area contributed by atoms with Gasteiger partial charge in [-0.25, -0.2) is 9.59 Å². The summed E-state index contributed by atoms with van der Waals surface area (Å²) in [7, 11) is 3.98. The summed E-state index contributed by atoms with van der Waals surface area (Å²) in [6.07, 6.45) is 1.17. The molecular formula is C12H23N3O4. The van der Waals surface area contributed by atoms with E-state index in [0.29, 0.717) is 6.54 Å². The normalized spacial score (nSPS) is 22.8. The summed E-state index contributed by atoms with van der Waals surface area (Å²) in [4.78, 5) is 26.1. The molecule has 1 aliphatic heterocycles. The van der Waals surface area contributed by atoms with E-state index < -0.39 is 24.1 Å². The number of urea groups is 1. The van der Waals surface area contributed by atoms with Crippen LogP contribution in [0.4, 0.5) is 4.79 Å². The molecule has 7 heteroatoms. The molecule has 1 saturated heterocycles. The van der Waals surface area contributed by atoms with Gasteiger partial charge in [-0.3, -0.25) is 0 Å². The number of β-amino-alcohol motifs (C(OH)–C–C–N with tert-alkyl or cyclic N) is 1. The maximum Gasteiger partial charge on any atom is 0.326 e. The minimum atomic E-state index is -1.07. The average Bonchev–Trinajstić information content (AvgIpc) is 2.70. The Hall–Kier alpha value is -1.34. The van der Waals surface area contributed by atoms with Crippen LogP contribution in [0.1, 0.15) is 19.3 Å². The molecule has 1 rings (SSSR count). The van der Waals surface area contributed by atoms with Gasteiger partial charge in [-0.15, -0.1) is 0 Å². The fourth-order valence-corrected chi connectivity index (χ4v) is 2.12. The Morgan fingerprint density at radius 1 is 1.37 bits per heavy atom. The van der Waals surface area contributed by atoms with Crippen molar-refractivity contribution in [2.24, 2.45) is 0 Å². The quantitative estimate of drug-likeness (QED) is 0.570. The molecule has 0 aromatic carbocycles. The molecule has 1 fully saturated rings. The van der Waals surface area contributed by atoms with Crippen molar-refractivity contribution in [3.63, 3.8) is 0 Å². The lowest BCUT2D eigenvalue weighted by molar-refractivity contribution is -0.141. The van der Waals surface area contributed by atoms with Gasteiger partial charge in [0.15, 0.2) is 0 Å². The fraction of sp³-hybridized carbons (Fsp3) is 0.833. The van der Waals surface area contributed by atoms with Gasteiger partial charge < -0.3 is 25.3 Å². The van der Waals surface area contributed by atoms with E-state index in [0.717, 1.165) is 19.4 Å². The molecule has 1 heterocycles. The van der Waals surface area contributed by atoms with Crippen LogP contribution in [0.5, 0.6) is 0 Å². The first-order chi connectivity index (χ1) is 8.91. The van der Waals surface area contributed by atoms with Crippen molar-refractivity contribution in [2.75, 3.05) is 33.7 Å². The summed E-state index contributed by atoms with van der Waals surface area (Å²) in [6.45, 7) is 1.56. The van der Waals surface area contributed by atoms with Crippen LogP contribution >= 0.6 is 0 Å². The van der Waals surface area contributed by atoms with Crippen LogP contribution in [-0.4, -0.2) is 77.9 Å². The topological polar surface area (TPSA) is 93.1 Å². The zero-order valence-electron chi connectivity index (χ0n) is 11.5. The van der Waals surface area contributed by atoms with E-state index in [1.165, 1.54) is 4.90 Å². The van der Waals surface area contributed by atoms with Crippen molar-refractivity contribution in [3.05, 3.63) is 0 Å². The number of aliphatic hydroxyl groups is 1. The van der Waals surface area contributed by atoms with Crippen LogP contribution < -0.4 is 5.32 Å². The number of aliphatic hydroxyl groups excluding tert-OH is 1. The maximum absolute atomic E-state index is 11.8. The summed E-state index contributed by atoms with van der Waals surface area (Å²) in [5.41, 5.74) is 0. The number of nitrogens with one attached hydrogen (secondary N) is 1. The first-order valence-corrected chi connectivity index (χ1v) is 6.52. The highest BCUT2D eigenvalue weighted by Gasteiger charge is 2.38. The second-order valence-electron chi connectivity index (χ2n) is 5.14. The highest BCUT2D eigenvalue weighted by atomic mass is 16.4. The van der Waals surface area contributed by atoms with Gasteiger partial charge in [-0.1, -0.05) is 0 Å². The number of hydrogen-bond donors (Lipinski definition) is 3. The van der Waals surface area contributed by atoms with Crippen LogP contribution in [0.25, 0.3) is 0 Å². The first kappa shape index (κ1) is 15.7. The van der Waals surface area contributed by atoms with Crippen LogP contribution in [0.15, 0.2) is 0 Å². The van der Waals surface area contributed by atoms with E-state index in [4.69, 9.17) is 5.11 Å². The molecule has 110 valence electrons. The molecule has 0 bridgehead atoms. The molecule has 2 amide bonds. The molecule has 2 atom stereocenters. The van der Waals surface area contributed by atoms with Crippen molar-refractivity contribution in [1.82, 2.24) is 15.1 Å². The molecule has 0 saturated carbocycles. The van der Waals surface area contributed by atoms with Crippen molar-refractivity contribution < 1.29 is 19.8 Å². The Morgan fingerprint density at radius 2 is 2.05 bits per heavy atom. The lowest BCUT2D eigenvalue weighted by atomic mass is 10.2. The molecule has 0 radical (unpaired) electrons. The number of likely N-dealkylation sites (tertiary alicyclic amines) is 1. The third-order valence-electron chi connectivity index (χ3n) is 3.13. The predicted molar refractivity (Wildman–Crippen MR) is 69.9 cm³/mol. The standard InChI is InChI=1S/C12H23N3O4/c1-14(2)6-4-3-5-13-12(19)15-8-9(16)7-10(15)11(17)18/h9-10,16H,3-8H2,1-2H3,(H,13,19)(H,17,18)/t9?,10-/m0/s1. The van der Waals surface area contributed by atoms with E-state index >= 15 is 0 Å². The molecule has 1 unspecified atom stereocenters. The molecule has 7 nitrogen and oxygen atoms in total. The summed E-state index contributed by atoms with van der Waals surface area (Å²) < 4.78 is 0. The number of carboxylic acids is 1. The summed E-state index contributed by atoms with van der Waals surface area (Å²) in [6, 6.07) is -1.33. The smallest absolute Gasteiger partial charge is 0.326 e. The van der Waals surface area contributed by atoms with Crippen LogP contribution in [-0.2, 0) is 4.79 Å². The monoisotopic (exact) mass is 273 g/mol. The van der Waals surface area contributed by atoms with Gasteiger partial charge in [0.1, 0.15) is 6.04 Å². The molecule has 19 heavy (non-hydrogen) atoms. The zero-order chi connectivity index (χ0) is 14.4. The minimum Gasteiger partial charge on any atom is -0.480 e. The Bertz CT molecular complexity index is 322. The second-order valence-corrected chi connectivity index (χ2v) is 5.14. The summed E-state index contributed by atoms with van der Waals surface area (Å²) >= 11 is 0. The van der Waals surface area contributed by atoms with Gasteiger partial charge >= 0.3 is 12.0 Å². The number of carbonyl (C=O) groups is 2. The van der Waals surface area contributed by atoms with Crippen LogP contribution in [0.3, 0.4) is 0 Å². The van der Waals surface area contributed by atoms with Crippen molar-refractivity contribution in [3.8, 4) is 0 Å². The average molecular weight is 273 g/mol. The van der Waals surface area contributed by atoms with E-state index in [-0.39, 0.29) is 13.0 Å². The van der Waals surface area contributed by atoms with Gasteiger partial charge in [-0.05, 0) is 33.5 Å². The first-order valence-electron chi connectivity index (χ1n) is 6.52. The highest BCUT2D eigenvalue weighted by Crippen LogP contribution is 2.17. The van der Waals surface area contributed by atoms with Gasteiger partial charge in [0, 0.05) is 19.5 Å². The number of amides is 2. The molecule has 0 aromatic rings. The van der Waals surface area contributed by atoms with Gasteiger partial charge in [-0.2, -0.15) is 0 Å². The van der Waals surface area contributed by atoms with Gasteiger partial charge in [0.05, 0.1) is 6.10 Å². The number of rotatable bonds is 6. The number of carboxylic acid groups (broad SMARTS) is 1. The van der Waals surface area contributed by atoms with E-state index in [1.807, 2.05) is 14.1 Å². The number of hydrogen-bond acceptors (Lipinski definition) is 4. The largest absolute Gasteiger partial charge is 0.480 e. The SMILES string of the molecule is CN(C)CCCCNC(=O)N1CC(O)C[C@H]1C(=O)O. The van der Waals surface area contributed by atoms with E-state index in [1.54, 1.807) is 0 Å². The summed E-state index contributed by atoms with van der Waals surface area (Å²) in [5.74, 6) is -1.07. The zero-order valence-corrected chi connectivity index (χ0v) is 11.5. The fourth-order valence-electron chi connectivity index (χ4n) is 2.12. The minimum absolute atomic E-state index is 0.0838.